The van der Waals surface area contributed by atoms with E-state index in [0.717, 1.165) is 6.42 Å². The van der Waals surface area contributed by atoms with E-state index in [1.807, 2.05) is 44.2 Å². The minimum Gasteiger partial charge on any atom is -0.469 e. The molecule has 0 aliphatic carbocycles. The first-order valence-corrected chi connectivity index (χ1v) is 9.53. The standard InChI is InChI=1S/C21H34N2O4/c1-16(2)11-12-18(13-19(24)26-5)23-20(25)27-21(3,4)15-22-14-17-9-7-6-8-10-17/h6-10,16,18,22H,11-15H2,1-5H3,(H,23,25). The molecule has 0 heterocycles. The van der Waals surface area contributed by atoms with Crippen LogP contribution in [0.4, 0.5) is 4.79 Å². The second-order valence-corrected chi connectivity index (χ2v) is 7.83. The van der Waals surface area contributed by atoms with Gasteiger partial charge in [0.1, 0.15) is 5.60 Å². The molecule has 0 bridgehead atoms. The molecule has 6 heteroatoms. The molecule has 1 aromatic carbocycles. The predicted octanol–water partition coefficient (Wildman–Crippen LogP) is 3.65. The Kier molecular flexibility index (Phi) is 9.86. The third-order valence-corrected chi connectivity index (χ3v) is 4.15. The number of carbonyl (C=O) groups excluding carboxylic acids is 2. The smallest absolute Gasteiger partial charge is 0.407 e. The van der Waals surface area contributed by atoms with Crippen LogP contribution in [0.15, 0.2) is 30.3 Å². The highest BCUT2D eigenvalue weighted by Crippen LogP contribution is 2.13. The second-order valence-electron chi connectivity index (χ2n) is 7.83. The van der Waals surface area contributed by atoms with Crippen LogP contribution in [0.3, 0.4) is 0 Å². The molecule has 1 aromatic rings. The number of rotatable bonds is 11. The summed E-state index contributed by atoms with van der Waals surface area (Å²) in [6.45, 7) is 9.14. The monoisotopic (exact) mass is 378 g/mol. The molecule has 0 fully saturated rings. The van der Waals surface area contributed by atoms with Crippen LogP contribution < -0.4 is 10.6 Å². The Labute approximate surface area is 163 Å². The quantitative estimate of drug-likeness (QED) is 0.575. The van der Waals surface area contributed by atoms with E-state index in [1.165, 1.54) is 12.7 Å². The number of nitrogens with one attached hydrogen (secondary N) is 2. The molecule has 0 spiro atoms. The molecule has 1 amide bonds. The van der Waals surface area contributed by atoms with E-state index in [0.29, 0.717) is 25.4 Å². The number of alkyl carbamates (subject to hydrolysis) is 1. The van der Waals surface area contributed by atoms with Crippen LogP contribution >= 0.6 is 0 Å². The van der Waals surface area contributed by atoms with Gasteiger partial charge in [0.15, 0.2) is 0 Å². The van der Waals surface area contributed by atoms with E-state index in [2.05, 4.69) is 24.5 Å². The first kappa shape index (κ1) is 23.0. The van der Waals surface area contributed by atoms with Crippen LogP contribution in [-0.2, 0) is 20.8 Å². The Bertz CT molecular complexity index is 573. The predicted molar refractivity (Wildman–Crippen MR) is 106 cm³/mol. The van der Waals surface area contributed by atoms with Crippen molar-refractivity contribution in [2.24, 2.45) is 5.92 Å². The van der Waals surface area contributed by atoms with Gasteiger partial charge >= 0.3 is 12.1 Å². The molecule has 0 saturated carbocycles. The van der Waals surface area contributed by atoms with Gasteiger partial charge in [0.2, 0.25) is 0 Å². The van der Waals surface area contributed by atoms with E-state index < -0.39 is 11.7 Å². The summed E-state index contributed by atoms with van der Waals surface area (Å²) in [6.07, 6.45) is 1.24. The van der Waals surface area contributed by atoms with Crippen molar-refractivity contribution in [3.63, 3.8) is 0 Å². The number of ether oxygens (including phenoxy) is 2. The average Bonchev–Trinajstić information content (AvgIpc) is 2.59. The molecule has 0 radical (unpaired) electrons. The molecular weight excluding hydrogens is 344 g/mol. The molecule has 27 heavy (non-hydrogen) atoms. The SMILES string of the molecule is COC(=O)CC(CCC(C)C)NC(=O)OC(C)(C)CNCc1ccccc1. The third kappa shape index (κ3) is 10.6. The summed E-state index contributed by atoms with van der Waals surface area (Å²) in [5.41, 5.74) is 0.497. The highest BCUT2D eigenvalue weighted by molar-refractivity contribution is 5.72. The van der Waals surface area contributed by atoms with Gasteiger partial charge in [0.05, 0.1) is 13.5 Å². The van der Waals surface area contributed by atoms with Crippen molar-refractivity contribution in [2.75, 3.05) is 13.7 Å². The third-order valence-electron chi connectivity index (χ3n) is 4.15. The highest BCUT2D eigenvalue weighted by Gasteiger charge is 2.25. The van der Waals surface area contributed by atoms with Crippen LogP contribution in [0.1, 0.15) is 52.5 Å². The summed E-state index contributed by atoms with van der Waals surface area (Å²) in [5, 5.41) is 6.12. The van der Waals surface area contributed by atoms with Gasteiger partial charge in [-0.1, -0.05) is 44.2 Å². The molecule has 2 N–H and O–H groups in total. The Morgan fingerprint density at radius 2 is 1.78 bits per heavy atom. The van der Waals surface area contributed by atoms with E-state index in [1.54, 1.807) is 0 Å². The Morgan fingerprint density at radius 1 is 1.11 bits per heavy atom. The summed E-state index contributed by atoms with van der Waals surface area (Å²) in [6, 6.07) is 9.75. The van der Waals surface area contributed by atoms with E-state index in [9.17, 15) is 9.59 Å². The van der Waals surface area contributed by atoms with Crippen molar-refractivity contribution in [3.8, 4) is 0 Å². The lowest BCUT2D eigenvalue weighted by atomic mass is 10.0. The van der Waals surface area contributed by atoms with Crippen LogP contribution in [0, 0.1) is 5.92 Å². The molecule has 0 saturated heterocycles. The van der Waals surface area contributed by atoms with E-state index in [4.69, 9.17) is 9.47 Å². The topological polar surface area (TPSA) is 76.7 Å². The summed E-state index contributed by atoms with van der Waals surface area (Å²) >= 11 is 0. The zero-order valence-corrected chi connectivity index (χ0v) is 17.2. The fourth-order valence-electron chi connectivity index (χ4n) is 2.63. The highest BCUT2D eigenvalue weighted by atomic mass is 16.6. The first-order chi connectivity index (χ1) is 12.7. The fraction of sp³-hybridized carbons (Fsp3) is 0.619. The average molecular weight is 379 g/mol. The largest absolute Gasteiger partial charge is 0.469 e. The van der Waals surface area contributed by atoms with Crippen molar-refractivity contribution in [2.45, 2.75) is 65.1 Å². The first-order valence-electron chi connectivity index (χ1n) is 9.53. The number of hydrogen-bond acceptors (Lipinski definition) is 5. The van der Waals surface area contributed by atoms with Gasteiger partial charge in [-0.25, -0.2) is 4.79 Å². The molecule has 1 atom stereocenters. The van der Waals surface area contributed by atoms with Gasteiger partial charge in [-0.2, -0.15) is 0 Å². The molecule has 0 aromatic heterocycles. The fourth-order valence-corrected chi connectivity index (χ4v) is 2.63. The van der Waals surface area contributed by atoms with E-state index in [-0.39, 0.29) is 18.4 Å². The zero-order valence-electron chi connectivity index (χ0n) is 17.2. The molecular formula is C21H34N2O4. The lowest BCUT2D eigenvalue weighted by Gasteiger charge is -2.27. The van der Waals surface area contributed by atoms with Gasteiger partial charge in [-0.15, -0.1) is 0 Å². The number of amides is 1. The number of benzene rings is 1. The maximum Gasteiger partial charge on any atom is 0.407 e. The summed E-state index contributed by atoms with van der Waals surface area (Å²) in [4.78, 5) is 23.9. The summed E-state index contributed by atoms with van der Waals surface area (Å²) in [7, 11) is 1.35. The lowest BCUT2D eigenvalue weighted by molar-refractivity contribution is -0.141. The number of methoxy groups -OCH3 is 1. The van der Waals surface area contributed by atoms with Gasteiger partial charge in [-0.05, 0) is 38.2 Å². The van der Waals surface area contributed by atoms with Gasteiger partial charge in [-0.3, -0.25) is 4.79 Å². The van der Waals surface area contributed by atoms with Crippen molar-refractivity contribution in [1.82, 2.24) is 10.6 Å². The Balaban J connectivity index is 2.47. The van der Waals surface area contributed by atoms with Crippen molar-refractivity contribution < 1.29 is 19.1 Å². The maximum atomic E-state index is 12.3. The Morgan fingerprint density at radius 3 is 2.37 bits per heavy atom. The molecule has 152 valence electrons. The Hall–Kier alpha value is -2.08. The normalized spacial score (nSPS) is 12.5. The van der Waals surface area contributed by atoms with Crippen molar-refractivity contribution in [3.05, 3.63) is 35.9 Å². The minimum atomic E-state index is -0.674. The van der Waals surface area contributed by atoms with Crippen molar-refractivity contribution >= 4 is 12.1 Å². The van der Waals surface area contributed by atoms with Gasteiger partial charge < -0.3 is 20.1 Å². The molecule has 1 rings (SSSR count). The van der Waals surface area contributed by atoms with Crippen molar-refractivity contribution in [1.29, 1.82) is 0 Å². The number of carbonyl (C=O) groups is 2. The molecule has 0 aliphatic heterocycles. The van der Waals surface area contributed by atoms with Gasteiger partial charge in [0, 0.05) is 19.1 Å². The number of esters is 1. The van der Waals surface area contributed by atoms with Gasteiger partial charge in [0.25, 0.3) is 0 Å². The lowest BCUT2D eigenvalue weighted by Crippen LogP contribution is -2.45. The number of hydrogen-bond donors (Lipinski definition) is 2. The van der Waals surface area contributed by atoms with Crippen LogP contribution in [0.25, 0.3) is 0 Å². The van der Waals surface area contributed by atoms with Crippen LogP contribution in [-0.4, -0.2) is 37.4 Å². The molecule has 0 aliphatic rings. The van der Waals surface area contributed by atoms with Crippen LogP contribution in [0.5, 0.6) is 0 Å². The second kappa shape index (κ2) is 11.6. The van der Waals surface area contributed by atoms with Crippen LogP contribution in [0.2, 0.25) is 0 Å². The van der Waals surface area contributed by atoms with E-state index >= 15 is 0 Å². The summed E-state index contributed by atoms with van der Waals surface area (Å²) < 4.78 is 10.3. The molecule has 1 unspecified atom stereocenters. The summed E-state index contributed by atoms with van der Waals surface area (Å²) in [5.74, 6) is 0.148. The molecule has 6 nitrogen and oxygen atoms in total. The minimum absolute atomic E-state index is 0.144. The zero-order chi connectivity index (χ0) is 20.3. The maximum absolute atomic E-state index is 12.3.